The summed E-state index contributed by atoms with van der Waals surface area (Å²) < 4.78 is 24.1. The second-order valence-electron chi connectivity index (χ2n) is 7.56. The minimum Gasteiger partial charge on any atom is -0.350 e. The van der Waals surface area contributed by atoms with Gasteiger partial charge in [0.25, 0.3) is 0 Å². The molecule has 0 saturated carbocycles. The van der Waals surface area contributed by atoms with Crippen LogP contribution in [0.15, 0.2) is 12.3 Å². The normalized spacial score (nSPS) is 33.8. The summed E-state index contributed by atoms with van der Waals surface area (Å²) in [7, 11) is -2.97. The van der Waals surface area contributed by atoms with Crippen LogP contribution in [0.5, 0.6) is 0 Å². The van der Waals surface area contributed by atoms with Crippen LogP contribution >= 0.6 is 24.8 Å². The van der Waals surface area contributed by atoms with E-state index in [1.165, 1.54) is 12.8 Å². The highest BCUT2D eigenvalue weighted by atomic mass is 35.5. The lowest BCUT2D eigenvalue weighted by Gasteiger charge is -2.39. The van der Waals surface area contributed by atoms with Gasteiger partial charge in [-0.1, -0.05) is 0 Å². The molecule has 4 atom stereocenters. The predicted octanol–water partition coefficient (Wildman–Crippen LogP) is -0.164. The number of nitrogens with one attached hydrogen (secondary N) is 2. The lowest BCUT2D eigenvalue weighted by molar-refractivity contribution is 0.422. The summed E-state index contributed by atoms with van der Waals surface area (Å²) in [4.78, 5) is 13.9. The highest BCUT2D eigenvalue weighted by Crippen LogP contribution is 2.32. The number of rotatable bonds is 2. The number of hydrogen-bond acceptors (Lipinski definition) is 8. The third-order valence-electron chi connectivity index (χ3n) is 6.02. The zero-order valence-corrected chi connectivity index (χ0v) is 17.4. The van der Waals surface area contributed by atoms with Crippen LogP contribution in [0.4, 0.5) is 11.8 Å². The van der Waals surface area contributed by atoms with Crippen LogP contribution in [0.1, 0.15) is 12.8 Å². The molecule has 1 aromatic heterocycles. The monoisotopic (exact) mass is 436 g/mol. The summed E-state index contributed by atoms with van der Waals surface area (Å²) in [5.74, 6) is 2.09. The number of anilines is 2. The molecule has 0 amide bonds. The zero-order chi connectivity index (χ0) is 17.0. The quantitative estimate of drug-likeness (QED) is 0.660. The Morgan fingerprint density at radius 1 is 1.11 bits per heavy atom. The Morgan fingerprint density at radius 2 is 1.85 bits per heavy atom. The van der Waals surface area contributed by atoms with Gasteiger partial charge in [-0.25, -0.2) is 13.4 Å². The molecule has 152 valence electrons. The Kier molecular flexibility index (Phi) is 6.08. The number of piperazine rings is 2. The average molecular weight is 437 g/mol. The van der Waals surface area contributed by atoms with Crippen molar-refractivity contribution in [3.63, 3.8) is 0 Å². The van der Waals surface area contributed by atoms with Crippen LogP contribution < -0.4 is 20.4 Å². The van der Waals surface area contributed by atoms with Crippen LogP contribution in [-0.4, -0.2) is 80.2 Å². The number of fused-ring (bicyclic) bond motifs is 3. The smallest absolute Gasteiger partial charge is 0.227 e. The van der Waals surface area contributed by atoms with E-state index in [4.69, 9.17) is 4.98 Å². The highest BCUT2D eigenvalue weighted by Gasteiger charge is 2.44. The van der Waals surface area contributed by atoms with Gasteiger partial charge in [-0.15, -0.1) is 24.8 Å². The van der Waals surface area contributed by atoms with E-state index in [9.17, 15) is 8.42 Å². The Balaban J connectivity index is 0.00000105. The van der Waals surface area contributed by atoms with E-state index in [0.717, 1.165) is 37.9 Å². The summed E-state index contributed by atoms with van der Waals surface area (Å²) in [5, 5.41) is 6.84. The molecule has 2 bridgehead atoms. The molecule has 2 N–H and O–H groups in total. The van der Waals surface area contributed by atoms with E-state index in [1.54, 1.807) is 0 Å². The first-order valence-corrected chi connectivity index (χ1v) is 11.0. The van der Waals surface area contributed by atoms with Gasteiger partial charge in [-0.3, -0.25) is 0 Å². The SMILES string of the molecule is Cl.Cl.O=S1(=O)C[C@@H]2NCCN(c3ccnc(N4[C@@H]5CC[C@H]4CNC5)n3)[C@@H]2C1. The van der Waals surface area contributed by atoms with Crippen molar-refractivity contribution < 1.29 is 8.42 Å². The Hall–Kier alpha value is -0.870. The fourth-order valence-corrected chi connectivity index (χ4v) is 6.84. The molecule has 11 heteroatoms. The first-order chi connectivity index (χ1) is 12.1. The molecule has 5 heterocycles. The average Bonchev–Trinajstić information content (AvgIpc) is 3.05. The second kappa shape index (κ2) is 7.87. The lowest BCUT2D eigenvalue weighted by Crippen LogP contribution is -2.58. The van der Waals surface area contributed by atoms with Gasteiger partial charge < -0.3 is 20.4 Å². The summed E-state index contributed by atoms with van der Waals surface area (Å²) in [6.07, 6.45) is 4.18. The number of nitrogens with zero attached hydrogens (tertiary/aromatic N) is 4. The van der Waals surface area contributed by atoms with Gasteiger partial charge in [0.15, 0.2) is 9.84 Å². The molecule has 4 aliphatic heterocycles. The molecule has 4 fully saturated rings. The minimum atomic E-state index is -2.97. The van der Waals surface area contributed by atoms with Crippen LogP contribution in [-0.2, 0) is 9.84 Å². The molecule has 1 aromatic rings. The summed E-state index contributed by atoms with van der Waals surface area (Å²) in [6, 6.07) is 2.84. The van der Waals surface area contributed by atoms with Crippen molar-refractivity contribution in [3.8, 4) is 0 Å². The third kappa shape index (κ3) is 3.72. The lowest BCUT2D eigenvalue weighted by atomic mass is 10.1. The van der Waals surface area contributed by atoms with E-state index in [0.29, 0.717) is 12.1 Å². The third-order valence-corrected chi connectivity index (χ3v) is 7.73. The molecule has 0 aliphatic carbocycles. The number of sulfone groups is 1. The maximum atomic E-state index is 12.1. The van der Waals surface area contributed by atoms with Crippen LogP contribution in [0.3, 0.4) is 0 Å². The molecule has 0 spiro atoms. The second-order valence-corrected chi connectivity index (χ2v) is 9.72. The molecule has 4 aliphatic rings. The maximum Gasteiger partial charge on any atom is 0.227 e. The van der Waals surface area contributed by atoms with Crippen molar-refractivity contribution in [2.75, 3.05) is 47.5 Å². The standard InChI is InChI=1S/C16H24N6O2S.2ClH/c23-25(24)9-13-14(10-25)21(6-5-18-13)15-3-4-19-16(20-15)22-11-1-2-12(22)8-17-7-11;;/h3-4,11-14,17-18H,1-2,5-10H2;2*1H/t11-,12+,13-,14+;;/m0../s1. The molecular weight excluding hydrogens is 411 g/mol. The van der Waals surface area contributed by atoms with Crippen LogP contribution in [0, 0.1) is 0 Å². The topological polar surface area (TPSA) is 90.5 Å². The minimum absolute atomic E-state index is 0. The molecule has 4 saturated heterocycles. The number of aromatic nitrogens is 2. The van der Waals surface area contributed by atoms with E-state index < -0.39 is 9.84 Å². The first-order valence-electron chi connectivity index (χ1n) is 9.13. The van der Waals surface area contributed by atoms with Crippen molar-refractivity contribution >= 4 is 46.4 Å². The van der Waals surface area contributed by atoms with Gasteiger partial charge in [0, 0.05) is 50.5 Å². The molecule has 8 nitrogen and oxygen atoms in total. The summed E-state index contributed by atoms with van der Waals surface area (Å²) in [5.41, 5.74) is 0. The van der Waals surface area contributed by atoms with Gasteiger partial charge >= 0.3 is 0 Å². The van der Waals surface area contributed by atoms with E-state index in [-0.39, 0.29) is 48.4 Å². The maximum absolute atomic E-state index is 12.1. The molecule has 27 heavy (non-hydrogen) atoms. The van der Waals surface area contributed by atoms with E-state index in [1.807, 2.05) is 12.3 Å². The first kappa shape index (κ1) is 20.9. The molecule has 5 rings (SSSR count). The Labute approximate surface area is 172 Å². The van der Waals surface area contributed by atoms with E-state index >= 15 is 0 Å². The number of halogens is 2. The zero-order valence-electron chi connectivity index (χ0n) is 15.0. The largest absolute Gasteiger partial charge is 0.350 e. The van der Waals surface area contributed by atoms with Crippen molar-refractivity contribution in [2.45, 2.75) is 37.0 Å². The van der Waals surface area contributed by atoms with E-state index in [2.05, 4.69) is 25.4 Å². The molecular formula is C16H26Cl2N6O2S. The van der Waals surface area contributed by atoms with Crippen molar-refractivity contribution in [3.05, 3.63) is 12.3 Å². The van der Waals surface area contributed by atoms with Crippen molar-refractivity contribution in [2.24, 2.45) is 0 Å². The summed E-state index contributed by atoms with van der Waals surface area (Å²) in [6.45, 7) is 3.54. The molecule has 0 radical (unpaired) electrons. The van der Waals surface area contributed by atoms with Gasteiger partial charge in [0.2, 0.25) is 5.95 Å². The van der Waals surface area contributed by atoms with Crippen molar-refractivity contribution in [1.82, 2.24) is 20.6 Å². The Morgan fingerprint density at radius 3 is 2.59 bits per heavy atom. The van der Waals surface area contributed by atoms with Crippen molar-refractivity contribution in [1.29, 1.82) is 0 Å². The van der Waals surface area contributed by atoms with Crippen LogP contribution in [0.25, 0.3) is 0 Å². The van der Waals surface area contributed by atoms with Gasteiger partial charge in [0.05, 0.1) is 17.5 Å². The molecule has 0 unspecified atom stereocenters. The highest BCUT2D eigenvalue weighted by molar-refractivity contribution is 7.91. The fourth-order valence-electron chi connectivity index (χ4n) is 4.88. The molecule has 0 aromatic carbocycles. The van der Waals surface area contributed by atoms with Gasteiger partial charge in [0.1, 0.15) is 5.82 Å². The number of hydrogen-bond donors (Lipinski definition) is 2. The predicted molar refractivity (Wildman–Crippen MR) is 110 cm³/mol. The summed E-state index contributed by atoms with van der Waals surface area (Å²) >= 11 is 0. The fraction of sp³-hybridized carbons (Fsp3) is 0.750. The van der Waals surface area contributed by atoms with Gasteiger partial charge in [-0.2, -0.15) is 4.98 Å². The Bertz CT molecular complexity index is 766. The van der Waals surface area contributed by atoms with Crippen LogP contribution in [0.2, 0.25) is 0 Å². The van der Waals surface area contributed by atoms with Gasteiger partial charge in [-0.05, 0) is 18.9 Å².